The normalized spacial score (nSPS) is 14.3. The van der Waals surface area contributed by atoms with E-state index in [0.717, 1.165) is 37.8 Å². The van der Waals surface area contributed by atoms with Gasteiger partial charge in [0.2, 0.25) is 0 Å². The quantitative estimate of drug-likeness (QED) is 0.668. The molecule has 0 amide bonds. The van der Waals surface area contributed by atoms with Gasteiger partial charge in [0, 0.05) is 59.2 Å². The predicted molar refractivity (Wildman–Crippen MR) is 123 cm³/mol. The Morgan fingerprint density at radius 3 is 2.23 bits per heavy atom. The van der Waals surface area contributed by atoms with Gasteiger partial charge >= 0.3 is 0 Å². The molecule has 3 rings (SSSR count). The SMILES string of the molecule is COCCN(CCOC)c1ncnc(N2CCN(c3cccc(C)c3C)CC2)c1N. The number of anilines is 4. The summed E-state index contributed by atoms with van der Waals surface area (Å²) in [5.41, 5.74) is 11.2. The van der Waals surface area contributed by atoms with Crippen LogP contribution in [-0.4, -0.2) is 76.7 Å². The number of ether oxygens (including phenoxy) is 2. The van der Waals surface area contributed by atoms with Crippen LogP contribution in [0.4, 0.5) is 23.0 Å². The average Bonchev–Trinajstić information content (AvgIpc) is 2.77. The van der Waals surface area contributed by atoms with E-state index in [4.69, 9.17) is 15.2 Å². The highest BCUT2D eigenvalue weighted by atomic mass is 16.5. The van der Waals surface area contributed by atoms with E-state index in [-0.39, 0.29) is 0 Å². The highest BCUT2D eigenvalue weighted by Gasteiger charge is 2.24. The number of aryl methyl sites for hydroxylation is 1. The van der Waals surface area contributed by atoms with Crippen LogP contribution in [0.2, 0.25) is 0 Å². The van der Waals surface area contributed by atoms with Gasteiger partial charge in [-0.05, 0) is 31.0 Å². The highest BCUT2D eigenvalue weighted by Crippen LogP contribution is 2.31. The van der Waals surface area contributed by atoms with E-state index in [2.05, 4.69) is 56.7 Å². The molecular formula is C22H34N6O2. The summed E-state index contributed by atoms with van der Waals surface area (Å²) in [7, 11) is 3.39. The average molecular weight is 415 g/mol. The molecule has 1 aliphatic rings. The Morgan fingerprint density at radius 2 is 1.60 bits per heavy atom. The van der Waals surface area contributed by atoms with E-state index >= 15 is 0 Å². The minimum atomic E-state index is 0.594. The van der Waals surface area contributed by atoms with Crippen molar-refractivity contribution in [1.29, 1.82) is 0 Å². The van der Waals surface area contributed by atoms with Gasteiger partial charge in [-0.1, -0.05) is 12.1 Å². The van der Waals surface area contributed by atoms with Crippen molar-refractivity contribution in [2.24, 2.45) is 0 Å². The Labute approximate surface area is 179 Å². The first-order valence-electron chi connectivity index (χ1n) is 10.5. The third-order valence-corrected chi connectivity index (χ3v) is 5.77. The lowest BCUT2D eigenvalue weighted by atomic mass is 10.1. The zero-order valence-electron chi connectivity index (χ0n) is 18.6. The Morgan fingerprint density at radius 1 is 0.967 bits per heavy atom. The molecule has 164 valence electrons. The largest absolute Gasteiger partial charge is 0.393 e. The van der Waals surface area contributed by atoms with Gasteiger partial charge < -0.3 is 29.9 Å². The van der Waals surface area contributed by atoms with Crippen molar-refractivity contribution >= 4 is 23.0 Å². The lowest BCUT2D eigenvalue weighted by Gasteiger charge is -2.38. The molecule has 1 aliphatic heterocycles. The monoisotopic (exact) mass is 414 g/mol. The first-order chi connectivity index (χ1) is 14.6. The van der Waals surface area contributed by atoms with Gasteiger partial charge in [-0.25, -0.2) is 9.97 Å². The summed E-state index contributed by atoms with van der Waals surface area (Å²) in [5, 5.41) is 0. The number of hydrogen-bond donors (Lipinski definition) is 1. The summed E-state index contributed by atoms with van der Waals surface area (Å²) in [6, 6.07) is 6.50. The smallest absolute Gasteiger partial charge is 0.157 e. The number of benzene rings is 1. The lowest BCUT2D eigenvalue weighted by molar-refractivity contribution is 0.190. The third kappa shape index (κ3) is 4.94. The first kappa shape index (κ1) is 22.1. The molecule has 0 radical (unpaired) electrons. The fourth-order valence-electron chi connectivity index (χ4n) is 3.85. The van der Waals surface area contributed by atoms with Crippen molar-refractivity contribution in [3.63, 3.8) is 0 Å². The lowest BCUT2D eigenvalue weighted by Crippen LogP contribution is -2.47. The molecular weight excluding hydrogens is 380 g/mol. The fraction of sp³-hybridized carbons (Fsp3) is 0.545. The van der Waals surface area contributed by atoms with Crippen molar-refractivity contribution in [2.75, 3.05) is 87.1 Å². The Hall–Kier alpha value is -2.58. The molecule has 2 aromatic rings. The maximum Gasteiger partial charge on any atom is 0.157 e. The number of methoxy groups -OCH3 is 2. The van der Waals surface area contributed by atoms with E-state index in [0.29, 0.717) is 32.0 Å². The zero-order chi connectivity index (χ0) is 21.5. The summed E-state index contributed by atoms with van der Waals surface area (Å²) < 4.78 is 10.5. The van der Waals surface area contributed by atoms with Crippen molar-refractivity contribution in [3.05, 3.63) is 35.7 Å². The van der Waals surface area contributed by atoms with E-state index in [1.165, 1.54) is 16.8 Å². The van der Waals surface area contributed by atoms with E-state index in [1.54, 1.807) is 20.5 Å². The molecule has 30 heavy (non-hydrogen) atoms. The molecule has 0 saturated carbocycles. The topological polar surface area (TPSA) is 80.0 Å². The Balaban J connectivity index is 1.74. The van der Waals surface area contributed by atoms with Gasteiger partial charge in [-0.3, -0.25) is 0 Å². The van der Waals surface area contributed by atoms with Crippen molar-refractivity contribution in [2.45, 2.75) is 13.8 Å². The number of hydrogen-bond acceptors (Lipinski definition) is 8. The molecule has 0 aliphatic carbocycles. The van der Waals surface area contributed by atoms with Crippen LogP contribution in [0.3, 0.4) is 0 Å². The number of aromatic nitrogens is 2. The minimum Gasteiger partial charge on any atom is -0.393 e. The second-order valence-corrected chi connectivity index (χ2v) is 7.60. The maximum absolute atomic E-state index is 6.54. The molecule has 0 unspecified atom stereocenters. The van der Waals surface area contributed by atoms with Crippen LogP contribution in [0.5, 0.6) is 0 Å². The van der Waals surface area contributed by atoms with Crippen LogP contribution in [0.1, 0.15) is 11.1 Å². The van der Waals surface area contributed by atoms with Gasteiger partial charge in [-0.15, -0.1) is 0 Å². The summed E-state index contributed by atoms with van der Waals surface area (Å²) in [4.78, 5) is 15.8. The van der Waals surface area contributed by atoms with Crippen LogP contribution in [0.15, 0.2) is 24.5 Å². The van der Waals surface area contributed by atoms with Crippen molar-refractivity contribution in [1.82, 2.24) is 9.97 Å². The highest BCUT2D eigenvalue weighted by molar-refractivity contribution is 5.76. The molecule has 0 bridgehead atoms. The molecule has 1 aromatic carbocycles. The van der Waals surface area contributed by atoms with Crippen molar-refractivity contribution < 1.29 is 9.47 Å². The van der Waals surface area contributed by atoms with E-state index in [1.807, 2.05) is 0 Å². The van der Waals surface area contributed by atoms with Crippen LogP contribution >= 0.6 is 0 Å². The summed E-state index contributed by atoms with van der Waals surface area (Å²) in [6.45, 7) is 10.5. The molecule has 2 heterocycles. The van der Waals surface area contributed by atoms with Gasteiger partial charge in [0.05, 0.1) is 13.2 Å². The van der Waals surface area contributed by atoms with E-state index < -0.39 is 0 Å². The summed E-state index contributed by atoms with van der Waals surface area (Å²) >= 11 is 0. The van der Waals surface area contributed by atoms with Crippen LogP contribution in [0, 0.1) is 13.8 Å². The van der Waals surface area contributed by atoms with Crippen LogP contribution in [0.25, 0.3) is 0 Å². The molecule has 1 fully saturated rings. The third-order valence-electron chi connectivity index (χ3n) is 5.77. The summed E-state index contributed by atoms with van der Waals surface area (Å²) in [5.74, 6) is 1.55. The number of nitrogens with two attached hydrogens (primary N) is 1. The Kier molecular flexibility index (Phi) is 7.70. The molecule has 8 nitrogen and oxygen atoms in total. The fourth-order valence-corrected chi connectivity index (χ4v) is 3.85. The van der Waals surface area contributed by atoms with Gasteiger partial charge in [0.15, 0.2) is 11.6 Å². The number of piperazine rings is 1. The first-order valence-corrected chi connectivity index (χ1v) is 10.5. The molecule has 1 aromatic heterocycles. The number of nitrogen functional groups attached to an aromatic ring is 1. The van der Waals surface area contributed by atoms with Gasteiger partial charge in [0.25, 0.3) is 0 Å². The van der Waals surface area contributed by atoms with Crippen LogP contribution in [-0.2, 0) is 9.47 Å². The summed E-state index contributed by atoms with van der Waals surface area (Å²) in [6.07, 6.45) is 1.60. The molecule has 0 atom stereocenters. The molecule has 2 N–H and O–H groups in total. The standard InChI is InChI=1S/C22H34N6O2/c1-17-6-5-7-19(18(17)2)26-8-10-27(11-9-26)21-20(23)22(25-16-24-21)28(12-14-29-3)13-15-30-4/h5-7,16H,8-15,23H2,1-4H3. The van der Waals surface area contributed by atoms with E-state index in [9.17, 15) is 0 Å². The predicted octanol–water partition coefficient (Wildman–Crippen LogP) is 2.10. The van der Waals surface area contributed by atoms with Crippen LogP contribution < -0.4 is 20.4 Å². The van der Waals surface area contributed by atoms with Crippen molar-refractivity contribution in [3.8, 4) is 0 Å². The number of rotatable bonds is 9. The zero-order valence-corrected chi connectivity index (χ0v) is 18.6. The number of nitrogens with zero attached hydrogens (tertiary/aromatic N) is 5. The molecule has 8 heteroatoms. The second-order valence-electron chi connectivity index (χ2n) is 7.60. The van der Waals surface area contributed by atoms with Gasteiger partial charge in [-0.2, -0.15) is 0 Å². The maximum atomic E-state index is 6.54. The molecule has 0 spiro atoms. The van der Waals surface area contributed by atoms with Gasteiger partial charge in [0.1, 0.15) is 12.0 Å². The second kappa shape index (κ2) is 10.4. The molecule has 1 saturated heterocycles. The minimum absolute atomic E-state index is 0.594. The Bertz CT molecular complexity index is 815.